The molecular weight excluding hydrogens is 204 g/mol. The molecule has 1 unspecified atom stereocenters. The van der Waals surface area contributed by atoms with Crippen molar-refractivity contribution in [1.82, 2.24) is 0 Å². The Morgan fingerprint density at radius 3 is 2.47 bits per heavy atom. The monoisotopic (exact) mass is 224 g/mol. The lowest BCUT2D eigenvalue weighted by molar-refractivity contribution is -0.139. The van der Waals surface area contributed by atoms with E-state index in [1.807, 2.05) is 6.08 Å². The first-order valence-electron chi connectivity index (χ1n) is 5.09. The second kappa shape index (κ2) is 6.47. The highest BCUT2D eigenvalue weighted by atomic mass is 28.3. The molecule has 0 aromatic rings. The largest absolute Gasteiger partial charge is 0.453 e. The summed E-state index contributed by atoms with van der Waals surface area (Å²) < 4.78 is 4.72. The summed E-state index contributed by atoms with van der Waals surface area (Å²) in [5.41, 5.74) is 0.502. The molecule has 0 bridgehead atoms. The summed E-state index contributed by atoms with van der Waals surface area (Å²) in [6.07, 6.45) is 2.81. The molecular formula is C12H20O2Si. The van der Waals surface area contributed by atoms with Crippen molar-refractivity contribution >= 4 is 14.0 Å². The Morgan fingerprint density at radius 1 is 1.47 bits per heavy atom. The zero-order chi connectivity index (χ0) is 11.9. The van der Waals surface area contributed by atoms with Gasteiger partial charge in [0.25, 0.3) is 0 Å². The lowest BCUT2D eigenvalue weighted by Gasteiger charge is -2.23. The summed E-state index contributed by atoms with van der Waals surface area (Å²) >= 11 is 0. The normalized spacial score (nSPS) is 12.3. The van der Waals surface area contributed by atoms with Gasteiger partial charge in [0, 0.05) is 13.3 Å². The Morgan fingerprint density at radius 2 is 2.07 bits per heavy atom. The Bertz CT molecular complexity index is 278. The maximum Gasteiger partial charge on any atom is 0.303 e. The molecule has 0 aliphatic rings. The van der Waals surface area contributed by atoms with Gasteiger partial charge in [-0.2, -0.15) is 0 Å². The Kier molecular flexibility index (Phi) is 6.03. The number of rotatable bonds is 4. The average Bonchev–Trinajstić information content (AvgIpc) is 2.08. The predicted octanol–water partition coefficient (Wildman–Crippen LogP) is 2.84. The van der Waals surface area contributed by atoms with Crippen LogP contribution in [0.4, 0.5) is 0 Å². The van der Waals surface area contributed by atoms with E-state index in [1.54, 1.807) is 0 Å². The number of hydrogen-bond acceptors (Lipinski definition) is 2. The predicted molar refractivity (Wildman–Crippen MR) is 66.3 cm³/mol. The first kappa shape index (κ1) is 14.0. The van der Waals surface area contributed by atoms with Crippen LogP contribution in [0.3, 0.4) is 0 Å². The fraction of sp³-hybridized carbons (Fsp3) is 0.583. The number of carbonyl (C=O) groups excluding carboxylic acids is 1. The van der Waals surface area contributed by atoms with Gasteiger partial charge in [0.15, 0.2) is 6.61 Å². The number of hydrogen-bond donors (Lipinski definition) is 0. The summed E-state index contributed by atoms with van der Waals surface area (Å²) in [5, 5.41) is 0. The molecule has 0 saturated heterocycles. The first-order valence-corrected chi connectivity index (χ1v) is 8.67. The molecule has 2 nitrogen and oxygen atoms in total. The van der Waals surface area contributed by atoms with Gasteiger partial charge in [-0.15, -0.1) is 6.58 Å². The highest BCUT2D eigenvalue weighted by molar-refractivity contribution is 6.78. The number of allylic oxidation sites excluding steroid dienone is 1. The third kappa shape index (κ3) is 6.98. The smallest absolute Gasteiger partial charge is 0.303 e. The molecule has 0 amide bonds. The molecule has 0 rings (SSSR count). The van der Waals surface area contributed by atoms with Gasteiger partial charge < -0.3 is 4.74 Å². The van der Waals surface area contributed by atoms with E-state index in [-0.39, 0.29) is 12.6 Å². The molecule has 3 heteroatoms. The molecule has 0 spiro atoms. The topological polar surface area (TPSA) is 26.3 Å². The Balaban J connectivity index is 4.01. The molecule has 0 aliphatic heterocycles. The van der Waals surface area contributed by atoms with Gasteiger partial charge in [0.2, 0.25) is 0 Å². The van der Waals surface area contributed by atoms with Crippen LogP contribution in [0.25, 0.3) is 0 Å². The highest BCUT2D eigenvalue weighted by Gasteiger charge is 2.22. The molecule has 0 aromatic heterocycles. The van der Waals surface area contributed by atoms with Crippen LogP contribution in [0, 0.1) is 11.8 Å². The van der Waals surface area contributed by atoms with E-state index in [4.69, 9.17) is 4.74 Å². The van der Waals surface area contributed by atoms with E-state index in [9.17, 15) is 4.79 Å². The molecule has 0 heterocycles. The van der Waals surface area contributed by atoms with Crippen LogP contribution in [-0.4, -0.2) is 20.7 Å². The lowest BCUT2D eigenvalue weighted by Crippen LogP contribution is -2.26. The molecule has 1 atom stereocenters. The maximum absolute atomic E-state index is 10.5. The molecule has 0 fully saturated rings. The van der Waals surface area contributed by atoms with Crippen LogP contribution in [0.5, 0.6) is 0 Å². The van der Waals surface area contributed by atoms with Crippen molar-refractivity contribution in [3.63, 3.8) is 0 Å². The minimum atomic E-state index is -1.20. The van der Waals surface area contributed by atoms with E-state index in [1.165, 1.54) is 6.92 Å². The van der Waals surface area contributed by atoms with Gasteiger partial charge >= 0.3 is 5.97 Å². The molecule has 0 saturated carbocycles. The van der Waals surface area contributed by atoms with Crippen molar-refractivity contribution in [3.05, 3.63) is 12.7 Å². The third-order valence-corrected chi connectivity index (χ3v) is 4.86. The summed E-state index contributed by atoms with van der Waals surface area (Å²) in [6.45, 7) is 12.3. The van der Waals surface area contributed by atoms with Crippen molar-refractivity contribution in [2.24, 2.45) is 0 Å². The highest BCUT2D eigenvalue weighted by Crippen LogP contribution is 2.25. The van der Waals surface area contributed by atoms with Crippen LogP contribution >= 0.6 is 0 Å². The quantitative estimate of drug-likeness (QED) is 0.318. The summed E-state index contributed by atoms with van der Waals surface area (Å²) in [4.78, 5) is 10.5. The zero-order valence-corrected chi connectivity index (χ0v) is 11.1. The average molecular weight is 224 g/mol. The van der Waals surface area contributed by atoms with Gasteiger partial charge in [-0.25, -0.2) is 0 Å². The fourth-order valence-electron chi connectivity index (χ4n) is 1.11. The van der Waals surface area contributed by atoms with Gasteiger partial charge in [0.1, 0.15) is 0 Å². The minimum absolute atomic E-state index is 0.199. The van der Waals surface area contributed by atoms with E-state index in [2.05, 4.69) is 38.1 Å². The summed E-state index contributed by atoms with van der Waals surface area (Å²) in [5.74, 6) is 5.59. The van der Waals surface area contributed by atoms with Crippen molar-refractivity contribution in [2.75, 3.05) is 6.61 Å². The summed E-state index contributed by atoms with van der Waals surface area (Å²) in [6, 6.07) is 0. The maximum atomic E-state index is 10.5. The van der Waals surface area contributed by atoms with Crippen LogP contribution in [0.2, 0.25) is 25.2 Å². The molecule has 0 aromatic carbocycles. The van der Waals surface area contributed by atoms with Crippen LogP contribution in [-0.2, 0) is 9.53 Å². The van der Waals surface area contributed by atoms with Crippen molar-refractivity contribution in [3.8, 4) is 11.8 Å². The van der Waals surface area contributed by atoms with Crippen LogP contribution in [0.15, 0.2) is 12.7 Å². The molecule has 0 aliphatic carbocycles. The fourth-order valence-corrected chi connectivity index (χ4v) is 2.54. The van der Waals surface area contributed by atoms with Gasteiger partial charge in [-0.1, -0.05) is 37.6 Å². The van der Waals surface area contributed by atoms with Crippen LogP contribution < -0.4 is 0 Å². The SMILES string of the molecule is C=CC(CC#CCOC(C)=O)[Si](C)(C)C. The van der Waals surface area contributed by atoms with E-state index >= 15 is 0 Å². The van der Waals surface area contributed by atoms with E-state index in [0.29, 0.717) is 5.54 Å². The van der Waals surface area contributed by atoms with E-state index in [0.717, 1.165) is 6.42 Å². The molecule has 0 radical (unpaired) electrons. The standard InChI is InChI=1S/C12H20O2Si/c1-6-12(15(3,4)5)9-7-8-10-14-11(2)13/h6,12H,1,9-10H2,2-5H3. The van der Waals surface area contributed by atoms with Crippen LogP contribution in [0.1, 0.15) is 13.3 Å². The van der Waals surface area contributed by atoms with Gasteiger partial charge in [-0.05, 0) is 5.54 Å². The Labute approximate surface area is 93.7 Å². The van der Waals surface area contributed by atoms with Gasteiger partial charge in [0.05, 0.1) is 8.07 Å². The Hall–Kier alpha value is -1.01. The first-order chi connectivity index (χ1) is 6.88. The second-order valence-corrected chi connectivity index (χ2v) is 10.0. The lowest BCUT2D eigenvalue weighted by atomic mass is 10.3. The minimum Gasteiger partial charge on any atom is -0.453 e. The van der Waals surface area contributed by atoms with Crippen molar-refractivity contribution < 1.29 is 9.53 Å². The molecule has 0 N–H and O–H groups in total. The van der Waals surface area contributed by atoms with Gasteiger partial charge in [-0.3, -0.25) is 4.79 Å². The third-order valence-electron chi connectivity index (χ3n) is 2.19. The van der Waals surface area contributed by atoms with E-state index < -0.39 is 8.07 Å². The second-order valence-electron chi connectivity index (χ2n) is 4.55. The zero-order valence-electron chi connectivity index (χ0n) is 10.1. The van der Waals surface area contributed by atoms with Crippen molar-refractivity contribution in [1.29, 1.82) is 0 Å². The van der Waals surface area contributed by atoms with Crippen molar-refractivity contribution in [2.45, 2.75) is 38.5 Å². The molecule has 15 heavy (non-hydrogen) atoms. The molecule has 84 valence electrons. The summed E-state index contributed by atoms with van der Waals surface area (Å²) in [7, 11) is -1.20. The number of esters is 1. The number of ether oxygens (including phenoxy) is 1. The number of carbonyl (C=O) groups is 1.